The van der Waals surface area contributed by atoms with Crippen molar-refractivity contribution in [1.82, 2.24) is 19.7 Å². The molecule has 0 unspecified atom stereocenters. The van der Waals surface area contributed by atoms with Crippen LogP contribution in [0.3, 0.4) is 0 Å². The summed E-state index contributed by atoms with van der Waals surface area (Å²) < 4.78 is 1.61. The molecule has 0 atom stereocenters. The van der Waals surface area contributed by atoms with Crippen LogP contribution in [0.25, 0.3) is 5.69 Å². The second kappa shape index (κ2) is 2.85. The lowest BCUT2D eigenvalue weighted by atomic mass is 10.5. The highest BCUT2D eigenvalue weighted by atomic mass is 15.3. The van der Waals surface area contributed by atoms with E-state index in [1.165, 1.54) is 6.33 Å². The molecule has 2 N–H and O–H groups in total. The van der Waals surface area contributed by atoms with E-state index in [-0.39, 0.29) is 0 Å². The van der Waals surface area contributed by atoms with E-state index < -0.39 is 0 Å². The van der Waals surface area contributed by atoms with E-state index in [0.29, 0.717) is 5.82 Å². The zero-order chi connectivity index (χ0) is 9.26. The highest BCUT2D eigenvalue weighted by Crippen LogP contribution is 2.11. The van der Waals surface area contributed by atoms with Crippen LogP contribution in [-0.4, -0.2) is 19.7 Å². The molecule has 0 aliphatic carbocycles. The highest BCUT2D eigenvalue weighted by molar-refractivity contribution is 5.39. The minimum atomic E-state index is 0.590. The Labute approximate surface area is 75.2 Å². The van der Waals surface area contributed by atoms with E-state index in [9.17, 15) is 0 Å². The molecule has 0 radical (unpaired) electrons. The SMILES string of the molecule is Cc1cc(N)n(-c2cncnc2)n1. The third-order valence-corrected chi connectivity index (χ3v) is 1.65. The topological polar surface area (TPSA) is 69.6 Å². The number of hydrogen-bond donors (Lipinski definition) is 1. The van der Waals surface area contributed by atoms with Crippen LogP contribution in [0.5, 0.6) is 0 Å². The molecule has 0 aliphatic rings. The Morgan fingerprint density at radius 3 is 2.54 bits per heavy atom. The Morgan fingerprint density at radius 1 is 1.31 bits per heavy atom. The summed E-state index contributed by atoms with van der Waals surface area (Å²) in [5, 5.41) is 4.19. The molecule has 5 nitrogen and oxygen atoms in total. The van der Waals surface area contributed by atoms with Gasteiger partial charge in [-0.3, -0.25) is 0 Å². The number of rotatable bonds is 1. The zero-order valence-electron chi connectivity index (χ0n) is 7.18. The molecule has 0 amide bonds. The monoisotopic (exact) mass is 175 g/mol. The van der Waals surface area contributed by atoms with Gasteiger partial charge in [-0.15, -0.1) is 0 Å². The van der Waals surface area contributed by atoms with Gasteiger partial charge in [0.25, 0.3) is 0 Å². The van der Waals surface area contributed by atoms with E-state index in [4.69, 9.17) is 5.73 Å². The van der Waals surface area contributed by atoms with Crippen molar-refractivity contribution < 1.29 is 0 Å². The minimum Gasteiger partial charge on any atom is -0.384 e. The van der Waals surface area contributed by atoms with Crippen molar-refractivity contribution in [1.29, 1.82) is 0 Å². The summed E-state index contributed by atoms with van der Waals surface area (Å²) in [6.45, 7) is 1.89. The number of nitrogens with zero attached hydrogens (tertiary/aromatic N) is 4. The molecule has 0 saturated heterocycles. The van der Waals surface area contributed by atoms with Crippen LogP contribution >= 0.6 is 0 Å². The van der Waals surface area contributed by atoms with Crippen molar-refractivity contribution in [2.24, 2.45) is 0 Å². The number of hydrogen-bond acceptors (Lipinski definition) is 4. The first-order valence-electron chi connectivity index (χ1n) is 3.85. The lowest BCUT2D eigenvalue weighted by molar-refractivity contribution is 0.857. The number of anilines is 1. The van der Waals surface area contributed by atoms with Gasteiger partial charge >= 0.3 is 0 Å². The smallest absolute Gasteiger partial charge is 0.127 e. The maximum absolute atomic E-state index is 5.72. The van der Waals surface area contributed by atoms with Crippen LogP contribution in [0.4, 0.5) is 5.82 Å². The minimum absolute atomic E-state index is 0.590. The average Bonchev–Trinajstić information content (AvgIpc) is 2.47. The summed E-state index contributed by atoms with van der Waals surface area (Å²) in [4.78, 5) is 7.77. The molecule has 2 rings (SSSR count). The molecular weight excluding hydrogens is 166 g/mol. The second-order valence-electron chi connectivity index (χ2n) is 2.72. The van der Waals surface area contributed by atoms with Gasteiger partial charge in [-0.25, -0.2) is 14.6 Å². The largest absolute Gasteiger partial charge is 0.384 e. The molecule has 0 fully saturated rings. The van der Waals surface area contributed by atoms with Crippen LogP contribution < -0.4 is 5.73 Å². The van der Waals surface area contributed by atoms with Gasteiger partial charge in [-0.1, -0.05) is 0 Å². The maximum atomic E-state index is 5.72. The average molecular weight is 175 g/mol. The standard InChI is InChI=1S/C8H9N5/c1-6-2-8(9)13(12-6)7-3-10-5-11-4-7/h2-5H,9H2,1H3. The van der Waals surface area contributed by atoms with E-state index in [2.05, 4.69) is 15.1 Å². The summed E-state index contributed by atoms with van der Waals surface area (Å²) >= 11 is 0. The van der Waals surface area contributed by atoms with Crippen LogP contribution in [0.1, 0.15) is 5.69 Å². The normalized spacial score (nSPS) is 10.2. The molecule has 0 bridgehead atoms. The van der Waals surface area contributed by atoms with Crippen molar-refractivity contribution in [3.63, 3.8) is 0 Å². The molecule has 0 aromatic carbocycles. The fourth-order valence-electron chi connectivity index (χ4n) is 1.13. The van der Waals surface area contributed by atoms with Crippen LogP contribution in [0.2, 0.25) is 0 Å². The molecule has 66 valence electrons. The van der Waals surface area contributed by atoms with E-state index in [0.717, 1.165) is 11.4 Å². The van der Waals surface area contributed by atoms with Gasteiger partial charge in [-0.2, -0.15) is 5.10 Å². The maximum Gasteiger partial charge on any atom is 0.127 e. The van der Waals surface area contributed by atoms with Gasteiger partial charge in [0.2, 0.25) is 0 Å². The summed E-state index contributed by atoms with van der Waals surface area (Å²) in [7, 11) is 0. The molecule has 0 spiro atoms. The third-order valence-electron chi connectivity index (χ3n) is 1.65. The Bertz CT molecular complexity index is 406. The Morgan fingerprint density at radius 2 is 2.00 bits per heavy atom. The van der Waals surface area contributed by atoms with Gasteiger partial charge in [0.05, 0.1) is 18.1 Å². The molecular formula is C8H9N5. The van der Waals surface area contributed by atoms with Crippen molar-refractivity contribution in [2.75, 3.05) is 5.73 Å². The molecule has 13 heavy (non-hydrogen) atoms. The number of nitrogen functional groups attached to an aromatic ring is 1. The lowest BCUT2D eigenvalue weighted by Gasteiger charge is -2.00. The molecule has 0 aliphatic heterocycles. The Kier molecular flexibility index (Phi) is 1.70. The van der Waals surface area contributed by atoms with Gasteiger partial charge in [0.15, 0.2) is 0 Å². The Hall–Kier alpha value is -1.91. The lowest BCUT2D eigenvalue weighted by Crippen LogP contribution is -2.02. The first kappa shape index (κ1) is 7.72. The van der Waals surface area contributed by atoms with Crippen molar-refractivity contribution in [2.45, 2.75) is 6.92 Å². The first-order chi connectivity index (χ1) is 6.27. The van der Waals surface area contributed by atoms with Crippen molar-refractivity contribution in [3.8, 4) is 5.69 Å². The fourth-order valence-corrected chi connectivity index (χ4v) is 1.13. The van der Waals surface area contributed by atoms with Gasteiger partial charge in [0, 0.05) is 6.07 Å². The molecule has 2 aromatic rings. The number of aryl methyl sites for hydroxylation is 1. The molecule has 2 aromatic heterocycles. The predicted octanol–water partition coefficient (Wildman–Crippen LogP) is 0.553. The number of aromatic nitrogens is 4. The second-order valence-corrected chi connectivity index (χ2v) is 2.72. The molecule has 5 heteroatoms. The van der Waals surface area contributed by atoms with Gasteiger partial charge in [-0.05, 0) is 6.92 Å². The third kappa shape index (κ3) is 1.35. The molecule has 0 saturated carbocycles. The van der Waals surface area contributed by atoms with E-state index in [1.54, 1.807) is 23.1 Å². The quantitative estimate of drug-likeness (QED) is 0.687. The highest BCUT2D eigenvalue weighted by Gasteiger charge is 2.03. The number of nitrogens with two attached hydrogens (primary N) is 1. The van der Waals surface area contributed by atoms with Gasteiger partial charge in [0.1, 0.15) is 17.8 Å². The van der Waals surface area contributed by atoms with E-state index >= 15 is 0 Å². The van der Waals surface area contributed by atoms with Crippen LogP contribution in [0.15, 0.2) is 24.8 Å². The molecule has 2 heterocycles. The van der Waals surface area contributed by atoms with Crippen LogP contribution in [-0.2, 0) is 0 Å². The summed E-state index contributed by atoms with van der Waals surface area (Å²) in [5.74, 6) is 0.590. The fraction of sp³-hybridized carbons (Fsp3) is 0.125. The van der Waals surface area contributed by atoms with Gasteiger partial charge < -0.3 is 5.73 Å². The van der Waals surface area contributed by atoms with E-state index in [1.807, 2.05) is 6.92 Å². The summed E-state index contributed by atoms with van der Waals surface area (Å²) in [5.41, 5.74) is 7.37. The predicted molar refractivity (Wildman–Crippen MR) is 48.3 cm³/mol. The van der Waals surface area contributed by atoms with Crippen LogP contribution in [0, 0.1) is 6.92 Å². The van der Waals surface area contributed by atoms with Crippen molar-refractivity contribution in [3.05, 3.63) is 30.5 Å². The Balaban J connectivity index is 2.53. The van der Waals surface area contributed by atoms with Crippen molar-refractivity contribution >= 4 is 5.82 Å². The summed E-state index contributed by atoms with van der Waals surface area (Å²) in [6.07, 6.45) is 4.79. The first-order valence-corrected chi connectivity index (χ1v) is 3.85. The zero-order valence-corrected chi connectivity index (χ0v) is 7.18. The summed E-state index contributed by atoms with van der Waals surface area (Å²) in [6, 6.07) is 1.80.